The Kier molecular flexibility index (Phi) is 2.77. The summed E-state index contributed by atoms with van der Waals surface area (Å²) < 4.78 is 5.08. The zero-order valence-corrected chi connectivity index (χ0v) is 9.01. The molecule has 0 spiro atoms. The molecule has 2 aliphatic rings. The first-order valence-corrected chi connectivity index (χ1v) is 5.25. The van der Waals surface area contributed by atoms with Crippen molar-refractivity contribution in [3.8, 4) is 0 Å². The maximum atomic E-state index is 11.7. The van der Waals surface area contributed by atoms with Gasteiger partial charge in [0.15, 0.2) is 0 Å². The fourth-order valence-corrected chi connectivity index (χ4v) is 2.34. The van der Waals surface area contributed by atoms with Crippen LogP contribution in [0.15, 0.2) is 11.6 Å². The Balaban J connectivity index is 2.25. The third-order valence-electron chi connectivity index (χ3n) is 2.93. The molecule has 0 saturated carbocycles. The van der Waals surface area contributed by atoms with Crippen LogP contribution in [-0.4, -0.2) is 41.8 Å². The van der Waals surface area contributed by atoms with Crippen LogP contribution in [0.4, 0.5) is 0 Å². The molecule has 1 saturated heterocycles. The average molecular weight is 223 g/mol. The molecule has 2 heterocycles. The molecule has 1 fully saturated rings. The third kappa shape index (κ3) is 1.73. The Labute approximate surface area is 93.0 Å². The van der Waals surface area contributed by atoms with Crippen LogP contribution in [0.3, 0.4) is 0 Å². The van der Waals surface area contributed by atoms with Crippen molar-refractivity contribution in [1.29, 1.82) is 0 Å². The number of fused-ring (bicyclic) bond motifs is 1. The van der Waals surface area contributed by atoms with Crippen molar-refractivity contribution < 1.29 is 19.1 Å². The molecule has 5 nitrogen and oxygen atoms in total. The molecule has 0 radical (unpaired) electrons. The number of aldehydes is 1. The van der Waals surface area contributed by atoms with Crippen LogP contribution in [0.1, 0.15) is 19.8 Å². The minimum atomic E-state index is -0.512. The number of hydrogen-bond acceptors (Lipinski definition) is 4. The van der Waals surface area contributed by atoms with Gasteiger partial charge in [-0.3, -0.25) is 14.4 Å². The van der Waals surface area contributed by atoms with Gasteiger partial charge in [0.25, 0.3) is 0 Å². The van der Waals surface area contributed by atoms with Gasteiger partial charge in [-0.25, -0.2) is 0 Å². The Morgan fingerprint density at radius 3 is 3.00 bits per heavy atom. The molecule has 2 rings (SSSR count). The van der Waals surface area contributed by atoms with Crippen LogP contribution in [0, 0.1) is 0 Å². The van der Waals surface area contributed by atoms with E-state index in [0.717, 1.165) is 6.29 Å². The Bertz CT molecular complexity index is 374. The lowest BCUT2D eigenvalue weighted by atomic mass is 9.99. The second-order valence-electron chi connectivity index (χ2n) is 3.99. The average Bonchev–Trinajstić information content (AvgIpc) is 2.55. The monoisotopic (exact) mass is 223 g/mol. The molecule has 0 aliphatic carbocycles. The summed E-state index contributed by atoms with van der Waals surface area (Å²) in [7, 11) is 0. The van der Waals surface area contributed by atoms with Crippen molar-refractivity contribution in [2.45, 2.75) is 31.9 Å². The number of nitrogens with zero attached hydrogens (tertiary/aromatic N) is 1. The second-order valence-corrected chi connectivity index (χ2v) is 3.99. The maximum absolute atomic E-state index is 11.7. The summed E-state index contributed by atoms with van der Waals surface area (Å²) in [5.74, 6) is -0.473. The van der Waals surface area contributed by atoms with E-state index in [0.29, 0.717) is 18.5 Å². The van der Waals surface area contributed by atoms with Crippen molar-refractivity contribution in [3.63, 3.8) is 0 Å². The Hall–Kier alpha value is -1.65. The van der Waals surface area contributed by atoms with Crippen molar-refractivity contribution in [2.75, 3.05) is 6.54 Å². The first-order valence-electron chi connectivity index (χ1n) is 5.25. The number of carbonyl (C=O) groups is 3. The topological polar surface area (TPSA) is 63.7 Å². The van der Waals surface area contributed by atoms with E-state index in [1.807, 2.05) is 6.08 Å². The normalized spacial score (nSPS) is 28.4. The van der Waals surface area contributed by atoms with Gasteiger partial charge in [-0.1, -0.05) is 6.08 Å². The zero-order valence-electron chi connectivity index (χ0n) is 9.01. The van der Waals surface area contributed by atoms with E-state index in [9.17, 15) is 14.4 Å². The van der Waals surface area contributed by atoms with E-state index in [4.69, 9.17) is 4.74 Å². The highest BCUT2D eigenvalue weighted by atomic mass is 16.5. The number of esters is 1. The quantitative estimate of drug-likeness (QED) is 0.490. The summed E-state index contributed by atoms with van der Waals surface area (Å²) in [4.78, 5) is 35.1. The molecular weight excluding hydrogens is 210 g/mol. The second kappa shape index (κ2) is 4.08. The highest BCUT2D eigenvalue weighted by Gasteiger charge is 2.44. The number of ether oxygens (including phenoxy) is 1. The van der Waals surface area contributed by atoms with Gasteiger partial charge in [-0.15, -0.1) is 0 Å². The van der Waals surface area contributed by atoms with E-state index in [1.165, 1.54) is 6.92 Å². The smallest absolute Gasteiger partial charge is 0.303 e. The fourth-order valence-electron chi connectivity index (χ4n) is 2.34. The Morgan fingerprint density at radius 2 is 2.38 bits per heavy atom. The minimum absolute atomic E-state index is 0.0521. The number of hydrogen-bond donors (Lipinski definition) is 0. The minimum Gasteiger partial charge on any atom is -0.459 e. The van der Waals surface area contributed by atoms with Crippen molar-refractivity contribution in [2.24, 2.45) is 0 Å². The molecule has 0 aromatic carbocycles. The van der Waals surface area contributed by atoms with Crippen LogP contribution < -0.4 is 0 Å². The van der Waals surface area contributed by atoms with Gasteiger partial charge in [0.05, 0.1) is 12.5 Å². The standard InChI is InChI=1S/C11H13NO4/c1-7(14)16-9-5-10(15)12-4-2-3-8(6-13)11(9)12/h3,6,9,11H,2,4-5H2,1H3/t9-,11+/m0/s1. The predicted molar refractivity (Wildman–Crippen MR) is 54.4 cm³/mol. The Morgan fingerprint density at radius 1 is 1.62 bits per heavy atom. The molecule has 16 heavy (non-hydrogen) atoms. The lowest BCUT2D eigenvalue weighted by Gasteiger charge is -2.30. The molecule has 0 unspecified atom stereocenters. The van der Waals surface area contributed by atoms with Gasteiger partial charge in [-0.2, -0.15) is 0 Å². The zero-order chi connectivity index (χ0) is 11.7. The molecule has 0 N–H and O–H groups in total. The summed E-state index contributed by atoms with van der Waals surface area (Å²) >= 11 is 0. The summed E-state index contributed by atoms with van der Waals surface area (Å²) in [5.41, 5.74) is 0.545. The third-order valence-corrected chi connectivity index (χ3v) is 2.93. The van der Waals surface area contributed by atoms with Gasteiger partial charge in [0.2, 0.25) is 5.91 Å². The van der Waals surface area contributed by atoms with Crippen LogP contribution in [0.25, 0.3) is 0 Å². The van der Waals surface area contributed by atoms with E-state index < -0.39 is 12.1 Å². The lowest BCUT2D eigenvalue weighted by molar-refractivity contribution is -0.147. The highest BCUT2D eigenvalue weighted by molar-refractivity contribution is 5.86. The molecule has 0 aromatic rings. The van der Waals surface area contributed by atoms with E-state index in [-0.39, 0.29) is 18.4 Å². The number of carbonyl (C=O) groups excluding carboxylic acids is 3. The molecule has 2 atom stereocenters. The largest absolute Gasteiger partial charge is 0.459 e. The first kappa shape index (κ1) is 10.9. The molecule has 0 bridgehead atoms. The van der Waals surface area contributed by atoms with E-state index in [1.54, 1.807) is 4.90 Å². The number of amides is 1. The molecular formula is C11H13NO4. The van der Waals surface area contributed by atoms with Gasteiger partial charge in [0.1, 0.15) is 12.4 Å². The van der Waals surface area contributed by atoms with Gasteiger partial charge < -0.3 is 9.64 Å². The highest BCUT2D eigenvalue weighted by Crippen LogP contribution is 2.30. The summed E-state index contributed by atoms with van der Waals surface area (Å²) in [6, 6.07) is -0.373. The SMILES string of the molecule is CC(=O)O[C@H]1CC(=O)N2CCC=C(C=O)[C@H]12. The predicted octanol–water partition coefficient (Wildman–Crippen LogP) is 0.0480. The molecule has 2 aliphatic heterocycles. The van der Waals surface area contributed by atoms with E-state index >= 15 is 0 Å². The summed E-state index contributed by atoms with van der Waals surface area (Å²) in [5, 5.41) is 0. The summed E-state index contributed by atoms with van der Waals surface area (Å²) in [6.45, 7) is 1.90. The fraction of sp³-hybridized carbons (Fsp3) is 0.545. The van der Waals surface area contributed by atoms with E-state index in [2.05, 4.69) is 0 Å². The first-order chi connectivity index (χ1) is 7.63. The summed E-state index contributed by atoms with van der Waals surface area (Å²) in [6.07, 6.45) is 2.90. The number of rotatable bonds is 2. The molecule has 1 amide bonds. The maximum Gasteiger partial charge on any atom is 0.303 e. The van der Waals surface area contributed by atoms with Crippen LogP contribution in [0.5, 0.6) is 0 Å². The van der Waals surface area contributed by atoms with Crippen LogP contribution in [-0.2, 0) is 19.1 Å². The molecule has 0 aromatic heterocycles. The van der Waals surface area contributed by atoms with Crippen molar-refractivity contribution >= 4 is 18.2 Å². The van der Waals surface area contributed by atoms with Gasteiger partial charge in [-0.05, 0) is 6.42 Å². The van der Waals surface area contributed by atoms with Crippen molar-refractivity contribution in [1.82, 2.24) is 4.90 Å². The van der Waals surface area contributed by atoms with Gasteiger partial charge in [0, 0.05) is 19.0 Å². The van der Waals surface area contributed by atoms with Crippen molar-refractivity contribution in [3.05, 3.63) is 11.6 Å². The van der Waals surface area contributed by atoms with Crippen LogP contribution >= 0.6 is 0 Å². The molecule has 5 heteroatoms. The molecule has 86 valence electrons. The van der Waals surface area contributed by atoms with Crippen LogP contribution in [0.2, 0.25) is 0 Å². The lowest BCUT2D eigenvalue weighted by Crippen LogP contribution is -2.43. The van der Waals surface area contributed by atoms with Gasteiger partial charge >= 0.3 is 5.97 Å².